The standard InChI is InChI=1S/C7H12NO2/c1-3-6(5-9)7(10)8-4-2/h6H,3-4H2,1-2H3,(H,8,10). The third-order valence-electron chi connectivity index (χ3n) is 1.22. The van der Waals surface area contributed by atoms with E-state index in [1.54, 1.807) is 13.2 Å². The van der Waals surface area contributed by atoms with Gasteiger partial charge in [-0.15, -0.1) is 0 Å². The Bertz CT molecular complexity index is 123. The van der Waals surface area contributed by atoms with E-state index in [1.807, 2.05) is 6.92 Å². The molecular formula is C7H12NO2. The zero-order valence-electron chi connectivity index (χ0n) is 6.31. The summed E-state index contributed by atoms with van der Waals surface area (Å²) in [5.41, 5.74) is 0. The molecule has 0 fully saturated rings. The van der Waals surface area contributed by atoms with Crippen LogP contribution in [0, 0.1) is 5.92 Å². The molecule has 0 saturated carbocycles. The van der Waals surface area contributed by atoms with Crippen molar-refractivity contribution < 1.29 is 9.59 Å². The van der Waals surface area contributed by atoms with Gasteiger partial charge in [0, 0.05) is 6.54 Å². The highest BCUT2D eigenvalue weighted by molar-refractivity contribution is 5.91. The quantitative estimate of drug-likeness (QED) is 0.572. The zero-order valence-corrected chi connectivity index (χ0v) is 6.31. The number of nitrogens with one attached hydrogen (secondary N) is 1. The van der Waals surface area contributed by atoms with Crippen molar-refractivity contribution in [2.45, 2.75) is 20.3 Å². The lowest BCUT2D eigenvalue weighted by molar-refractivity contribution is -0.122. The molecule has 57 valence electrons. The molecule has 0 heterocycles. The van der Waals surface area contributed by atoms with Crippen LogP contribution in [-0.2, 0) is 9.59 Å². The normalized spacial score (nSPS) is 12.2. The summed E-state index contributed by atoms with van der Waals surface area (Å²) >= 11 is 0. The molecule has 1 unspecified atom stereocenters. The maximum Gasteiger partial charge on any atom is 0.231 e. The van der Waals surface area contributed by atoms with Gasteiger partial charge in [-0.3, -0.25) is 9.59 Å². The Morgan fingerprint density at radius 3 is 2.50 bits per heavy atom. The largest absolute Gasteiger partial charge is 0.356 e. The first-order valence-corrected chi connectivity index (χ1v) is 3.41. The predicted octanol–water partition coefficient (Wildman–Crippen LogP) is 0.258. The molecule has 0 aromatic rings. The van der Waals surface area contributed by atoms with E-state index in [0.717, 1.165) is 0 Å². The van der Waals surface area contributed by atoms with Crippen LogP contribution in [0.25, 0.3) is 0 Å². The van der Waals surface area contributed by atoms with Gasteiger partial charge in [-0.1, -0.05) is 6.92 Å². The Balaban J connectivity index is 3.76. The lowest BCUT2D eigenvalue weighted by Crippen LogP contribution is -2.30. The van der Waals surface area contributed by atoms with E-state index in [9.17, 15) is 9.59 Å². The molecule has 0 spiro atoms. The molecule has 0 aliphatic heterocycles. The topological polar surface area (TPSA) is 46.2 Å². The first-order valence-electron chi connectivity index (χ1n) is 3.41. The van der Waals surface area contributed by atoms with Gasteiger partial charge in [-0.25, -0.2) is 0 Å². The Hall–Kier alpha value is -0.860. The third kappa shape index (κ3) is 2.62. The summed E-state index contributed by atoms with van der Waals surface area (Å²) in [6.45, 7) is 4.16. The Morgan fingerprint density at radius 2 is 2.20 bits per heavy atom. The van der Waals surface area contributed by atoms with Gasteiger partial charge >= 0.3 is 0 Å². The number of amides is 1. The molecule has 1 amide bonds. The molecule has 0 rings (SSSR count). The number of carbonyl (C=O) groups excluding carboxylic acids is 2. The summed E-state index contributed by atoms with van der Waals surface area (Å²) in [5, 5.41) is 2.55. The van der Waals surface area contributed by atoms with Crippen molar-refractivity contribution in [3.8, 4) is 0 Å². The van der Waals surface area contributed by atoms with E-state index < -0.39 is 5.92 Å². The molecule has 0 aromatic carbocycles. The van der Waals surface area contributed by atoms with Crippen LogP contribution < -0.4 is 5.32 Å². The van der Waals surface area contributed by atoms with E-state index >= 15 is 0 Å². The number of rotatable bonds is 4. The van der Waals surface area contributed by atoms with Gasteiger partial charge < -0.3 is 5.32 Å². The van der Waals surface area contributed by atoms with Crippen LogP contribution in [0.15, 0.2) is 0 Å². The van der Waals surface area contributed by atoms with Gasteiger partial charge in [-0.2, -0.15) is 0 Å². The van der Waals surface area contributed by atoms with Gasteiger partial charge in [0.2, 0.25) is 12.2 Å². The highest BCUT2D eigenvalue weighted by atomic mass is 16.2. The molecule has 0 aromatic heterocycles. The summed E-state index contributed by atoms with van der Waals surface area (Å²) in [5.74, 6) is -0.806. The highest BCUT2D eigenvalue weighted by Crippen LogP contribution is 1.96. The minimum Gasteiger partial charge on any atom is -0.356 e. The second-order valence-electron chi connectivity index (χ2n) is 1.97. The minimum absolute atomic E-state index is 0.222. The average molecular weight is 142 g/mol. The third-order valence-corrected chi connectivity index (χ3v) is 1.22. The van der Waals surface area contributed by atoms with E-state index in [1.165, 1.54) is 0 Å². The van der Waals surface area contributed by atoms with Crippen molar-refractivity contribution in [3.63, 3.8) is 0 Å². The Kier molecular flexibility index (Phi) is 4.54. The van der Waals surface area contributed by atoms with Gasteiger partial charge in [0.15, 0.2) is 0 Å². The molecule has 0 aliphatic carbocycles. The van der Waals surface area contributed by atoms with Crippen LogP contribution in [0.4, 0.5) is 0 Å². The lowest BCUT2D eigenvalue weighted by Gasteiger charge is -2.04. The summed E-state index contributed by atoms with van der Waals surface area (Å²) < 4.78 is 0. The lowest BCUT2D eigenvalue weighted by atomic mass is 10.1. The SMILES string of the molecule is CCNC(=O)C([C]=O)CC. The van der Waals surface area contributed by atoms with Gasteiger partial charge in [-0.05, 0) is 13.3 Å². The van der Waals surface area contributed by atoms with E-state index in [2.05, 4.69) is 5.32 Å². The number of hydrogen-bond donors (Lipinski definition) is 1. The molecule has 10 heavy (non-hydrogen) atoms. The van der Waals surface area contributed by atoms with E-state index in [4.69, 9.17) is 0 Å². The van der Waals surface area contributed by atoms with Crippen molar-refractivity contribution in [2.75, 3.05) is 6.54 Å². The second-order valence-corrected chi connectivity index (χ2v) is 1.97. The van der Waals surface area contributed by atoms with Crippen molar-refractivity contribution in [1.82, 2.24) is 5.32 Å². The molecule has 1 radical (unpaired) electrons. The molecular weight excluding hydrogens is 130 g/mol. The van der Waals surface area contributed by atoms with Crippen molar-refractivity contribution >= 4 is 12.2 Å². The van der Waals surface area contributed by atoms with Crippen LogP contribution >= 0.6 is 0 Å². The summed E-state index contributed by atoms with van der Waals surface area (Å²) in [6, 6.07) is 0. The zero-order chi connectivity index (χ0) is 7.98. The Labute approximate surface area is 60.8 Å². The van der Waals surface area contributed by atoms with Gasteiger partial charge in [0.05, 0.1) is 0 Å². The van der Waals surface area contributed by atoms with Crippen molar-refractivity contribution in [1.29, 1.82) is 0 Å². The number of carbonyl (C=O) groups is 1. The average Bonchev–Trinajstić information content (AvgIpc) is 1.91. The van der Waals surface area contributed by atoms with Gasteiger partial charge in [0.25, 0.3) is 0 Å². The smallest absolute Gasteiger partial charge is 0.231 e. The molecule has 0 saturated heterocycles. The molecule has 1 N–H and O–H groups in total. The molecule has 1 atom stereocenters. The molecule has 3 nitrogen and oxygen atoms in total. The molecule has 0 aliphatic rings. The fraction of sp³-hybridized carbons (Fsp3) is 0.714. The fourth-order valence-electron chi connectivity index (χ4n) is 0.620. The van der Waals surface area contributed by atoms with E-state index in [-0.39, 0.29) is 5.91 Å². The van der Waals surface area contributed by atoms with E-state index in [0.29, 0.717) is 13.0 Å². The summed E-state index contributed by atoms with van der Waals surface area (Å²) in [7, 11) is 0. The van der Waals surface area contributed by atoms with Crippen LogP contribution in [-0.4, -0.2) is 18.7 Å². The highest BCUT2D eigenvalue weighted by Gasteiger charge is 2.14. The first-order chi connectivity index (χ1) is 4.76. The second kappa shape index (κ2) is 4.97. The predicted molar refractivity (Wildman–Crippen MR) is 38.2 cm³/mol. The van der Waals surface area contributed by atoms with Crippen LogP contribution in [0.5, 0.6) is 0 Å². The van der Waals surface area contributed by atoms with Crippen LogP contribution in [0.3, 0.4) is 0 Å². The van der Waals surface area contributed by atoms with Crippen molar-refractivity contribution in [3.05, 3.63) is 0 Å². The number of hydrogen-bond acceptors (Lipinski definition) is 2. The van der Waals surface area contributed by atoms with Crippen LogP contribution in [0.2, 0.25) is 0 Å². The Morgan fingerprint density at radius 1 is 1.60 bits per heavy atom. The first kappa shape index (κ1) is 9.14. The maximum atomic E-state index is 10.8. The maximum absolute atomic E-state index is 10.8. The fourth-order valence-corrected chi connectivity index (χ4v) is 0.620. The summed E-state index contributed by atoms with van der Waals surface area (Å²) in [6.07, 6.45) is 2.20. The molecule has 3 heteroatoms. The van der Waals surface area contributed by atoms with Gasteiger partial charge in [0.1, 0.15) is 5.92 Å². The van der Waals surface area contributed by atoms with Crippen LogP contribution in [0.1, 0.15) is 20.3 Å². The summed E-state index contributed by atoms with van der Waals surface area (Å²) in [4.78, 5) is 20.9. The monoisotopic (exact) mass is 142 g/mol. The minimum atomic E-state index is -0.583. The molecule has 0 bridgehead atoms. The van der Waals surface area contributed by atoms with Crippen molar-refractivity contribution in [2.24, 2.45) is 5.92 Å².